The SMILES string of the molecule is CCOc1ccc(NC(=O)C2CC(=O)NN2)cc1OCC. The van der Waals surface area contributed by atoms with Gasteiger partial charge in [0.15, 0.2) is 11.5 Å². The van der Waals surface area contributed by atoms with Crippen molar-refractivity contribution in [2.45, 2.75) is 26.3 Å². The third-order valence-corrected chi connectivity index (χ3v) is 2.90. The van der Waals surface area contributed by atoms with E-state index in [-0.39, 0.29) is 18.2 Å². The summed E-state index contributed by atoms with van der Waals surface area (Å²) in [6.07, 6.45) is 0.126. The molecule has 1 aromatic carbocycles. The molecule has 1 unspecified atom stereocenters. The monoisotopic (exact) mass is 293 g/mol. The second-order valence-corrected chi connectivity index (χ2v) is 4.47. The van der Waals surface area contributed by atoms with Crippen molar-refractivity contribution in [1.29, 1.82) is 0 Å². The van der Waals surface area contributed by atoms with E-state index in [1.165, 1.54) is 0 Å². The Kier molecular flexibility index (Phi) is 4.99. The Labute approximate surface area is 123 Å². The highest BCUT2D eigenvalue weighted by Crippen LogP contribution is 2.30. The maximum absolute atomic E-state index is 12.0. The molecule has 0 bridgehead atoms. The smallest absolute Gasteiger partial charge is 0.243 e. The van der Waals surface area contributed by atoms with E-state index in [1.807, 2.05) is 13.8 Å². The van der Waals surface area contributed by atoms with E-state index in [2.05, 4.69) is 16.2 Å². The highest BCUT2D eigenvalue weighted by molar-refractivity contribution is 5.99. The van der Waals surface area contributed by atoms with Gasteiger partial charge in [-0.25, -0.2) is 5.43 Å². The van der Waals surface area contributed by atoms with Gasteiger partial charge >= 0.3 is 0 Å². The van der Waals surface area contributed by atoms with Crippen LogP contribution >= 0.6 is 0 Å². The van der Waals surface area contributed by atoms with Crippen LogP contribution in [0.3, 0.4) is 0 Å². The van der Waals surface area contributed by atoms with E-state index < -0.39 is 6.04 Å². The van der Waals surface area contributed by atoms with Crippen molar-refractivity contribution < 1.29 is 19.1 Å². The first-order valence-corrected chi connectivity index (χ1v) is 6.89. The van der Waals surface area contributed by atoms with Crippen molar-refractivity contribution in [3.63, 3.8) is 0 Å². The van der Waals surface area contributed by atoms with Crippen molar-refractivity contribution in [3.8, 4) is 11.5 Å². The van der Waals surface area contributed by atoms with Crippen LogP contribution in [0.4, 0.5) is 5.69 Å². The Morgan fingerprint density at radius 3 is 2.62 bits per heavy atom. The zero-order valence-electron chi connectivity index (χ0n) is 12.1. The summed E-state index contributed by atoms with van der Waals surface area (Å²) < 4.78 is 11.0. The Balaban J connectivity index is 2.07. The lowest BCUT2D eigenvalue weighted by Crippen LogP contribution is -2.39. The third kappa shape index (κ3) is 3.85. The van der Waals surface area contributed by atoms with Gasteiger partial charge in [0.1, 0.15) is 6.04 Å². The summed E-state index contributed by atoms with van der Waals surface area (Å²) in [4.78, 5) is 23.1. The lowest BCUT2D eigenvalue weighted by Gasteiger charge is -2.14. The number of anilines is 1. The van der Waals surface area contributed by atoms with Crippen LogP contribution in [0.5, 0.6) is 11.5 Å². The molecule has 0 radical (unpaired) electrons. The molecule has 1 aromatic rings. The number of carbonyl (C=O) groups excluding carboxylic acids is 2. The van der Waals surface area contributed by atoms with E-state index in [0.717, 1.165) is 0 Å². The van der Waals surface area contributed by atoms with Crippen LogP contribution in [0.15, 0.2) is 18.2 Å². The first-order valence-electron chi connectivity index (χ1n) is 6.89. The van der Waals surface area contributed by atoms with E-state index in [9.17, 15) is 9.59 Å². The molecule has 1 fully saturated rings. The fourth-order valence-electron chi connectivity index (χ4n) is 1.97. The average molecular weight is 293 g/mol. The molecule has 0 aromatic heterocycles. The molecule has 3 N–H and O–H groups in total. The van der Waals surface area contributed by atoms with Gasteiger partial charge < -0.3 is 14.8 Å². The molecule has 0 spiro atoms. The Morgan fingerprint density at radius 2 is 2.00 bits per heavy atom. The summed E-state index contributed by atoms with van der Waals surface area (Å²) in [6, 6.07) is 4.61. The fraction of sp³-hybridized carbons (Fsp3) is 0.429. The highest BCUT2D eigenvalue weighted by atomic mass is 16.5. The number of carbonyl (C=O) groups is 2. The molecule has 1 saturated heterocycles. The zero-order valence-corrected chi connectivity index (χ0v) is 12.1. The molecule has 7 heteroatoms. The van der Waals surface area contributed by atoms with Gasteiger partial charge in [0.2, 0.25) is 11.8 Å². The van der Waals surface area contributed by atoms with Crippen LogP contribution < -0.4 is 25.6 Å². The molecular weight excluding hydrogens is 274 g/mol. The minimum absolute atomic E-state index is 0.126. The number of hydrogen-bond acceptors (Lipinski definition) is 5. The van der Waals surface area contributed by atoms with Crippen LogP contribution in [0.25, 0.3) is 0 Å². The van der Waals surface area contributed by atoms with Gasteiger partial charge in [0, 0.05) is 11.8 Å². The number of hydrazine groups is 1. The first kappa shape index (κ1) is 15.1. The zero-order chi connectivity index (χ0) is 15.2. The Morgan fingerprint density at radius 1 is 1.29 bits per heavy atom. The van der Waals surface area contributed by atoms with Crippen molar-refractivity contribution in [2.75, 3.05) is 18.5 Å². The van der Waals surface area contributed by atoms with Gasteiger partial charge in [-0.2, -0.15) is 0 Å². The van der Waals surface area contributed by atoms with Gasteiger partial charge in [0.25, 0.3) is 0 Å². The Bertz CT molecular complexity index is 533. The van der Waals surface area contributed by atoms with Crippen LogP contribution in [-0.4, -0.2) is 31.1 Å². The van der Waals surface area contributed by atoms with Crippen molar-refractivity contribution >= 4 is 17.5 Å². The molecule has 0 aliphatic carbocycles. The molecule has 0 saturated carbocycles. The number of amides is 2. The number of rotatable bonds is 6. The second-order valence-electron chi connectivity index (χ2n) is 4.47. The maximum atomic E-state index is 12.0. The minimum Gasteiger partial charge on any atom is -0.490 e. The normalized spacial score (nSPS) is 17.2. The quantitative estimate of drug-likeness (QED) is 0.722. The first-order chi connectivity index (χ1) is 10.1. The van der Waals surface area contributed by atoms with Gasteiger partial charge in [-0.3, -0.25) is 15.0 Å². The molecular formula is C14H19N3O4. The predicted molar refractivity (Wildman–Crippen MR) is 77.1 cm³/mol. The molecule has 114 valence electrons. The van der Waals surface area contributed by atoms with E-state index in [0.29, 0.717) is 30.4 Å². The summed E-state index contributed by atoms with van der Waals surface area (Å²) in [7, 11) is 0. The third-order valence-electron chi connectivity index (χ3n) is 2.90. The van der Waals surface area contributed by atoms with Crippen molar-refractivity contribution in [1.82, 2.24) is 10.9 Å². The maximum Gasteiger partial charge on any atom is 0.243 e. The second kappa shape index (κ2) is 6.94. The average Bonchev–Trinajstić information content (AvgIpc) is 2.89. The fourth-order valence-corrected chi connectivity index (χ4v) is 1.97. The number of hydrogen-bond donors (Lipinski definition) is 3. The van der Waals surface area contributed by atoms with Gasteiger partial charge in [0.05, 0.1) is 19.6 Å². The standard InChI is InChI=1S/C14H19N3O4/c1-3-20-11-6-5-9(7-12(11)21-4-2)15-14(19)10-8-13(18)17-16-10/h5-7,10,16H,3-4,8H2,1-2H3,(H,15,19)(H,17,18). The molecule has 2 rings (SSSR count). The lowest BCUT2D eigenvalue weighted by atomic mass is 10.2. The summed E-state index contributed by atoms with van der Waals surface area (Å²) in [5.41, 5.74) is 5.62. The van der Waals surface area contributed by atoms with E-state index in [4.69, 9.17) is 9.47 Å². The molecule has 21 heavy (non-hydrogen) atoms. The number of benzene rings is 1. The molecule has 1 aliphatic rings. The lowest BCUT2D eigenvalue weighted by molar-refractivity contribution is -0.121. The van der Waals surface area contributed by atoms with Crippen LogP contribution in [-0.2, 0) is 9.59 Å². The predicted octanol–water partition coefficient (Wildman–Crippen LogP) is 0.816. The Hall–Kier alpha value is -2.28. The van der Waals surface area contributed by atoms with Crippen molar-refractivity contribution in [3.05, 3.63) is 18.2 Å². The van der Waals surface area contributed by atoms with Crippen molar-refractivity contribution in [2.24, 2.45) is 0 Å². The van der Waals surface area contributed by atoms with Gasteiger partial charge in [-0.15, -0.1) is 0 Å². The van der Waals surface area contributed by atoms with Crippen LogP contribution in [0.1, 0.15) is 20.3 Å². The van der Waals surface area contributed by atoms with Crippen LogP contribution in [0, 0.1) is 0 Å². The molecule has 1 heterocycles. The highest BCUT2D eigenvalue weighted by Gasteiger charge is 2.27. The van der Waals surface area contributed by atoms with E-state index >= 15 is 0 Å². The molecule has 7 nitrogen and oxygen atoms in total. The summed E-state index contributed by atoms with van der Waals surface area (Å²) in [5, 5.41) is 2.74. The molecule has 2 amide bonds. The largest absolute Gasteiger partial charge is 0.490 e. The minimum atomic E-state index is -0.570. The molecule has 1 atom stereocenters. The summed E-state index contributed by atoms with van der Waals surface area (Å²) in [5.74, 6) is 0.732. The number of nitrogens with one attached hydrogen (secondary N) is 3. The summed E-state index contributed by atoms with van der Waals surface area (Å²) in [6.45, 7) is 4.80. The molecule has 1 aliphatic heterocycles. The van der Waals surface area contributed by atoms with Gasteiger partial charge in [-0.05, 0) is 26.0 Å². The van der Waals surface area contributed by atoms with Crippen LogP contribution in [0.2, 0.25) is 0 Å². The van der Waals surface area contributed by atoms with Gasteiger partial charge in [-0.1, -0.05) is 0 Å². The topological polar surface area (TPSA) is 88.7 Å². The summed E-state index contributed by atoms with van der Waals surface area (Å²) >= 11 is 0. The number of ether oxygens (including phenoxy) is 2. The van der Waals surface area contributed by atoms with E-state index in [1.54, 1.807) is 18.2 Å².